The zero-order valence-electron chi connectivity index (χ0n) is 32.9. The Labute approximate surface area is 341 Å². The topological polar surface area (TPSA) is 147 Å². The summed E-state index contributed by atoms with van der Waals surface area (Å²) in [5, 5.41) is 17.7. The van der Waals surface area contributed by atoms with Crippen LogP contribution in [-0.2, 0) is 31.8 Å². The highest BCUT2D eigenvalue weighted by atomic mass is 32.1. The second-order valence-electron chi connectivity index (χ2n) is 15.6. The van der Waals surface area contributed by atoms with Gasteiger partial charge >= 0.3 is 6.18 Å². The van der Waals surface area contributed by atoms with Gasteiger partial charge in [-0.1, -0.05) is 13.0 Å². The lowest BCUT2D eigenvalue weighted by atomic mass is 9.89. The number of halogens is 3. The van der Waals surface area contributed by atoms with Crippen LogP contribution in [0, 0.1) is 17.2 Å². The Morgan fingerprint density at radius 1 is 1.05 bits per heavy atom. The Morgan fingerprint density at radius 3 is 2.48 bits per heavy atom. The van der Waals surface area contributed by atoms with Gasteiger partial charge in [0.2, 0.25) is 17.7 Å². The van der Waals surface area contributed by atoms with E-state index >= 15 is 0 Å². The van der Waals surface area contributed by atoms with Crippen LogP contribution >= 0.6 is 12.6 Å². The van der Waals surface area contributed by atoms with Gasteiger partial charge < -0.3 is 20.3 Å². The van der Waals surface area contributed by atoms with Crippen molar-refractivity contribution < 1.29 is 37.1 Å². The van der Waals surface area contributed by atoms with E-state index in [0.717, 1.165) is 43.5 Å². The summed E-state index contributed by atoms with van der Waals surface area (Å²) in [6, 6.07) is 17.2. The van der Waals surface area contributed by atoms with Crippen LogP contribution in [0.3, 0.4) is 0 Å². The lowest BCUT2D eigenvalue weighted by Gasteiger charge is -2.37. The van der Waals surface area contributed by atoms with Crippen molar-refractivity contribution in [2.45, 2.75) is 95.5 Å². The molecular weight excluding hydrogens is 772 g/mol. The molecule has 0 radical (unpaired) electrons. The van der Waals surface area contributed by atoms with Crippen molar-refractivity contribution >= 4 is 59.0 Å². The summed E-state index contributed by atoms with van der Waals surface area (Å²) in [6.07, 6.45) is -0.828. The summed E-state index contributed by atoms with van der Waals surface area (Å²) in [5.74, 6) is -0.0964. The van der Waals surface area contributed by atoms with Crippen LogP contribution in [0.2, 0.25) is 0 Å². The third-order valence-electron chi connectivity index (χ3n) is 11.2. The zero-order valence-corrected chi connectivity index (χ0v) is 33.8. The van der Waals surface area contributed by atoms with E-state index in [0.29, 0.717) is 48.2 Å². The number of carbonyl (C=O) groups is 4. The second-order valence-corrected chi connectivity index (χ2v) is 16.0. The Hall–Kier alpha value is -5.27. The van der Waals surface area contributed by atoms with E-state index in [1.807, 2.05) is 25.1 Å². The maximum absolute atomic E-state index is 13.8. The molecule has 1 unspecified atom stereocenters. The molecule has 3 saturated heterocycles. The number of rotatable bonds is 12. The average Bonchev–Trinajstić information content (AvgIpc) is 3.35. The molecule has 0 spiro atoms. The molecule has 58 heavy (non-hydrogen) atoms. The summed E-state index contributed by atoms with van der Waals surface area (Å²) >= 11 is 4.73. The number of imide groups is 1. The Bertz CT molecular complexity index is 2110. The Balaban J connectivity index is 1.01. The number of amides is 4. The molecular formula is C42H48F3N7O5S. The third-order valence-corrected chi connectivity index (χ3v) is 11.7. The molecule has 0 saturated carbocycles. The number of carbonyl (C=O) groups excluding carboxylic acids is 4. The van der Waals surface area contributed by atoms with Crippen molar-refractivity contribution in [1.29, 1.82) is 5.26 Å². The number of nitrogens with one attached hydrogen (secondary N) is 3. The number of nitriles is 1. The number of hydrogen-bond donors (Lipinski definition) is 4. The molecule has 3 N–H and O–H groups in total. The molecule has 12 nitrogen and oxygen atoms in total. The number of piperidine rings is 2. The van der Waals surface area contributed by atoms with Crippen LogP contribution in [0.15, 0.2) is 60.7 Å². The molecule has 3 aliphatic heterocycles. The molecule has 4 amide bonds. The van der Waals surface area contributed by atoms with Gasteiger partial charge in [-0.15, -0.1) is 12.6 Å². The third kappa shape index (κ3) is 9.21. The predicted molar refractivity (Wildman–Crippen MR) is 218 cm³/mol. The van der Waals surface area contributed by atoms with E-state index < -0.39 is 40.3 Å². The molecule has 0 aromatic heterocycles. The first kappa shape index (κ1) is 42.3. The molecule has 3 aromatic carbocycles. The normalized spacial score (nSPS) is 22.4. The van der Waals surface area contributed by atoms with Gasteiger partial charge in [0.25, 0.3) is 5.91 Å². The van der Waals surface area contributed by atoms with Crippen molar-refractivity contribution in [3.8, 4) is 11.8 Å². The highest BCUT2D eigenvalue weighted by Gasteiger charge is 2.52. The largest absolute Gasteiger partial charge is 0.493 e. The van der Waals surface area contributed by atoms with E-state index in [4.69, 9.17) is 17.4 Å². The average molecular weight is 820 g/mol. The Morgan fingerprint density at radius 2 is 1.79 bits per heavy atom. The standard InChI is InChI=1S/C42H48F3N7O5S/c1-5-27-20-32(52-40(58)51(39(56)41(52,3)4)31-10-9-28(23-46)33(22-31)42(43,44)45)11-13-35(27)57-18-16-26-15-17-50(25(2)19-26)24-37(54)48-30-8-6-7-29(21-30)47-34-12-14-36(53)49-38(34)55/h6-11,13,20-22,25-26,34,40,47,58H,5,12,14-19,24H2,1-4H3,(H,48,54)(H,49,53,55)/t25-,26+,34?,40+/m1/s1. The minimum absolute atomic E-state index is 0.00477. The van der Waals surface area contributed by atoms with Gasteiger partial charge in [0.1, 0.15) is 17.3 Å². The van der Waals surface area contributed by atoms with Crippen molar-refractivity contribution in [1.82, 2.24) is 10.2 Å². The number of nitrogens with zero attached hydrogens (tertiary/aromatic N) is 4. The summed E-state index contributed by atoms with van der Waals surface area (Å²) < 4.78 is 47.7. The number of alkyl halides is 3. The number of likely N-dealkylation sites (tertiary alicyclic amines) is 1. The van der Waals surface area contributed by atoms with Crippen LogP contribution in [0.1, 0.15) is 76.5 Å². The van der Waals surface area contributed by atoms with E-state index in [2.05, 4.69) is 27.8 Å². The van der Waals surface area contributed by atoms with Gasteiger partial charge in [-0.3, -0.25) is 34.3 Å². The number of aryl methyl sites for hydroxylation is 1. The first-order valence-corrected chi connectivity index (χ1v) is 19.9. The van der Waals surface area contributed by atoms with Crippen LogP contribution < -0.4 is 30.5 Å². The summed E-state index contributed by atoms with van der Waals surface area (Å²) in [4.78, 5) is 55.5. The smallest absolute Gasteiger partial charge is 0.417 e. The highest BCUT2D eigenvalue weighted by molar-refractivity contribution is 7.81. The van der Waals surface area contributed by atoms with E-state index in [1.54, 1.807) is 49.1 Å². The monoisotopic (exact) mass is 819 g/mol. The molecule has 308 valence electrons. The fourth-order valence-electron chi connectivity index (χ4n) is 8.02. The van der Waals surface area contributed by atoms with Crippen molar-refractivity contribution in [2.24, 2.45) is 5.92 Å². The number of hydrogen-bond acceptors (Lipinski definition) is 10. The molecule has 4 atom stereocenters. The first-order valence-electron chi connectivity index (χ1n) is 19.4. The fourth-order valence-corrected chi connectivity index (χ4v) is 8.68. The fraction of sp³-hybridized carbons (Fsp3) is 0.452. The number of anilines is 4. The summed E-state index contributed by atoms with van der Waals surface area (Å²) in [6.45, 7) is 9.01. The van der Waals surface area contributed by atoms with Gasteiger partial charge in [0, 0.05) is 35.2 Å². The number of ether oxygens (including phenoxy) is 1. The minimum Gasteiger partial charge on any atom is -0.493 e. The number of benzene rings is 3. The van der Waals surface area contributed by atoms with Gasteiger partial charge in [0.15, 0.2) is 5.50 Å². The molecule has 6 rings (SSSR count). The van der Waals surface area contributed by atoms with Crippen LogP contribution in [-0.4, -0.2) is 71.3 Å². The van der Waals surface area contributed by atoms with Gasteiger partial charge in [-0.25, -0.2) is 0 Å². The van der Waals surface area contributed by atoms with Gasteiger partial charge in [-0.05, 0) is 125 Å². The van der Waals surface area contributed by atoms with Gasteiger partial charge in [0.05, 0.1) is 30.3 Å². The van der Waals surface area contributed by atoms with Crippen LogP contribution in [0.5, 0.6) is 5.75 Å². The Kier molecular flexibility index (Phi) is 12.6. The molecule has 3 aliphatic rings. The van der Waals surface area contributed by atoms with Crippen molar-refractivity contribution in [3.63, 3.8) is 0 Å². The van der Waals surface area contributed by atoms with Crippen LogP contribution in [0.4, 0.5) is 35.9 Å². The zero-order chi connectivity index (χ0) is 41.9. The lowest BCUT2D eigenvalue weighted by molar-refractivity contribution is -0.138. The highest BCUT2D eigenvalue weighted by Crippen LogP contribution is 2.43. The van der Waals surface area contributed by atoms with Crippen molar-refractivity contribution in [3.05, 3.63) is 77.4 Å². The molecule has 3 aromatic rings. The SMILES string of the molecule is CCc1cc(N2[C@@H](S)N(c3ccc(C#N)c(C(F)(F)F)c3)C(=O)C2(C)C)ccc1OCC[C@@H]1CCN(CC(=O)Nc2cccc(NC3CCC(=O)NC3=O)c2)[C@H](C)C1. The summed E-state index contributed by atoms with van der Waals surface area (Å²) in [5.41, 5.74) is -0.871. The first-order chi connectivity index (χ1) is 27.5. The molecule has 16 heteroatoms. The van der Waals surface area contributed by atoms with E-state index in [-0.39, 0.29) is 42.4 Å². The van der Waals surface area contributed by atoms with E-state index in [1.165, 1.54) is 11.0 Å². The maximum atomic E-state index is 13.8. The molecule has 0 bridgehead atoms. The quantitative estimate of drug-likeness (QED) is 0.116. The van der Waals surface area contributed by atoms with Crippen molar-refractivity contribution in [2.75, 3.05) is 40.1 Å². The minimum atomic E-state index is -4.78. The summed E-state index contributed by atoms with van der Waals surface area (Å²) in [7, 11) is 0. The molecule has 3 fully saturated rings. The van der Waals surface area contributed by atoms with Gasteiger partial charge in [-0.2, -0.15) is 18.4 Å². The van der Waals surface area contributed by atoms with E-state index in [9.17, 15) is 37.6 Å². The lowest BCUT2D eigenvalue weighted by Crippen LogP contribution is -2.47. The molecule has 0 aliphatic carbocycles. The number of thiol groups is 1. The molecule has 3 heterocycles. The van der Waals surface area contributed by atoms with Crippen LogP contribution in [0.25, 0.3) is 0 Å². The second kappa shape index (κ2) is 17.3. The predicted octanol–water partition coefficient (Wildman–Crippen LogP) is 6.71. The maximum Gasteiger partial charge on any atom is 0.417 e.